The summed E-state index contributed by atoms with van der Waals surface area (Å²) in [7, 11) is 1.54. The molecule has 2 aromatic heterocycles. The van der Waals surface area contributed by atoms with Crippen LogP contribution < -0.4 is 10.1 Å². The van der Waals surface area contributed by atoms with Crippen LogP contribution >= 0.6 is 23.4 Å². The average Bonchev–Trinajstić information content (AvgIpc) is 3.05. The van der Waals surface area contributed by atoms with Crippen LogP contribution in [0.5, 0.6) is 5.75 Å². The molecule has 2 aromatic carbocycles. The Morgan fingerprint density at radius 1 is 1.25 bits per heavy atom. The minimum atomic E-state index is -0.174. The fourth-order valence-corrected chi connectivity index (χ4v) is 3.91. The third-order valence-corrected chi connectivity index (χ3v) is 5.33. The number of thioether (sulfide) groups is 1. The lowest BCUT2D eigenvalue weighted by Gasteiger charge is -2.08. The lowest BCUT2D eigenvalue weighted by atomic mass is 10.2. The number of methoxy groups -OCH3 is 1. The van der Waals surface area contributed by atoms with Crippen molar-refractivity contribution >= 4 is 57.0 Å². The summed E-state index contributed by atoms with van der Waals surface area (Å²) < 4.78 is 11.0. The van der Waals surface area contributed by atoms with Gasteiger partial charge >= 0.3 is 0 Å². The number of halogens is 1. The van der Waals surface area contributed by atoms with Crippen LogP contribution in [0.3, 0.4) is 0 Å². The number of ether oxygens (including phenoxy) is 1. The molecule has 0 unspecified atom stereocenters. The van der Waals surface area contributed by atoms with Crippen molar-refractivity contribution in [3.63, 3.8) is 0 Å². The summed E-state index contributed by atoms with van der Waals surface area (Å²) in [4.78, 5) is 21.3. The van der Waals surface area contributed by atoms with Gasteiger partial charge < -0.3 is 14.5 Å². The summed E-state index contributed by atoms with van der Waals surface area (Å²) in [6, 6.07) is 12.8. The van der Waals surface area contributed by atoms with E-state index in [1.807, 2.05) is 31.2 Å². The van der Waals surface area contributed by atoms with Gasteiger partial charge in [0.05, 0.1) is 17.9 Å². The normalized spacial score (nSPS) is 11.1. The Morgan fingerprint density at radius 2 is 2.07 bits per heavy atom. The molecular weight excluding hydrogens is 398 g/mol. The zero-order valence-corrected chi connectivity index (χ0v) is 16.7. The zero-order chi connectivity index (χ0) is 19.7. The maximum atomic E-state index is 12.4. The van der Waals surface area contributed by atoms with E-state index >= 15 is 0 Å². The first-order chi connectivity index (χ1) is 13.5. The molecule has 2 heterocycles. The highest BCUT2D eigenvalue weighted by Crippen LogP contribution is 2.33. The summed E-state index contributed by atoms with van der Waals surface area (Å²) in [6.45, 7) is 1.82. The highest BCUT2D eigenvalue weighted by atomic mass is 35.5. The molecule has 6 nitrogen and oxygen atoms in total. The van der Waals surface area contributed by atoms with Crippen LogP contribution in [-0.4, -0.2) is 28.7 Å². The molecule has 0 atom stereocenters. The fraction of sp³-hybridized carbons (Fsp3) is 0.150. The van der Waals surface area contributed by atoms with Crippen molar-refractivity contribution in [2.45, 2.75) is 11.9 Å². The van der Waals surface area contributed by atoms with Gasteiger partial charge in [0.1, 0.15) is 27.7 Å². The van der Waals surface area contributed by atoms with Crippen LogP contribution in [0.1, 0.15) is 5.82 Å². The number of carbonyl (C=O) groups excluding carboxylic acids is 1. The van der Waals surface area contributed by atoms with Crippen molar-refractivity contribution in [2.24, 2.45) is 0 Å². The monoisotopic (exact) mass is 413 g/mol. The molecule has 0 radical (unpaired) electrons. The Hall–Kier alpha value is -2.77. The quantitative estimate of drug-likeness (QED) is 0.363. The molecule has 0 aliphatic rings. The van der Waals surface area contributed by atoms with Crippen molar-refractivity contribution in [3.8, 4) is 5.75 Å². The molecule has 142 valence electrons. The Morgan fingerprint density at radius 3 is 2.86 bits per heavy atom. The van der Waals surface area contributed by atoms with Crippen LogP contribution in [0, 0.1) is 6.92 Å². The molecule has 0 saturated carbocycles. The molecule has 0 aliphatic heterocycles. The molecule has 28 heavy (non-hydrogen) atoms. The first kappa shape index (κ1) is 18.6. The van der Waals surface area contributed by atoms with E-state index in [-0.39, 0.29) is 11.7 Å². The Bertz CT molecular complexity index is 1190. The van der Waals surface area contributed by atoms with Crippen LogP contribution in [0.25, 0.3) is 22.1 Å². The number of amides is 1. The number of fused-ring (bicyclic) bond motifs is 3. The van der Waals surface area contributed by atoms with Gasteiger partial charge in [-0.25, -0.2) is 9.97 Å². The third kappa shape index (κ3) is 3.63. The number of furan rings is 1. The van der Waals surface area contributed by atoms with E-state index in [2.05, 4.69) is 15.3 Å². The van der Waals surface area contributed by atoms with E-state index in [1.165, 1.54) is 11.8 Å². The number of hydrogen-bond acceptors (Lipinski definition) is 6. The fourth-order valence-electron chi connectivity index (χ4n) is 2.85. The van der Waals surface area contributed by atoms with E-state index in [4.69, 9.17) is 20.8 Å². The number of rotatable bonds is 5. The second-order valence-electron chi connectivity index (χ2n) is 6.04. The molecule has 0 aliphatic carbocycles. The van der Waals surface area contributed by atoms with E-state index in [0.29, 0.717) is 32.9 Å². The van der Waals surface area contributed by atoms with Crippen LogP contribution in [0.15, 0.2) is 51.9 Å². The van der Waals surface area contributed by atoms with Gasteiger partial charge in [0.2, 0.25) is 5.91 Å². The maximum Gasteiger partial charge on any atom is 0.234 e. The number of aryl methyl sites for hydroxylation is 1. The van der Waals surface area contributed by atoms with E-state index < -0.39 is 0 Å². The highest BCUT2D eigenvalue weighted by molar-refractivity contribution is 8.00. The van der Waals surface area contributed by atoms with Crippen LogP contribution in [0.2, 0.25) is 5.02 Å². The van der Waals surface area contributed by atoms with Gasteiger partial charge in [0.25, 0.3) is 0 Å². The summed E-state index contributed by atoms with van der Waals surface area (Å²) in [5.74, 6) is 1.18. The van der Waals surface area contributed by atoms with Gasteiger partial charge in [-0.3, -0.25) is 4.79 Å². The number of nitrogens with zero attached hydrogens (tertiary/aromatic N) is 2. The predicted molar refractivity (Wildman–Crippen MR) is 111 cm³/mol. The third-order valence-electron chi connectivity index (χ3n) is 4.08. The summed E-state index contributed by atoms with van der Waals surface area (Å²) >= 11 is 7.40. The molecule has 1 N–H and O–H groups in total. The lowest BCUT2D eigenvalue weighted by molar-refractivity contribution is -0.113. The molecule has 0 bridgehead atoms. The lowest BCUT2D eigenvalue weighted by Crippen LogP contribution is -2.14. The zero-order valence-electron chi connectivity index (χ0n) is 15.2. The Labute approximate surface area is 170 Å². The largest absolute Gasteiger partial charge is 0.495 e. The van der Waals surface area contributed by atoms with Gasteiger partial charge in [-0.05, 0) is 37.3 Å². The minimum Gasteiger partial charge on any atom is -0.495 e. The van der Waals surface area contributed by atoms with E-state index in [1.54, 1.807) is 25.3 Å². The second-order valence-corrected chi connectivity index (χ2v) is 7.41. The molecular formula is C20H16ClN3O3S. The molecule has 1 amide bonds. The SMILES string of the molecule is COc1ccc(NC(=O)CSc2nc(C)nc3c2oc2ccccc23)cc1Cl. The van der Waals surface area contributed by atoms with Gasteiger partial charge in [-0.15, -0.1) is 0 Å². The molecule has 0 fully saturated rings. The van der Waals surface area contributed by atoms with Crippen LogP contribution in [-0.2, 0) is 4.79 Å². The van der Waals surface area contributed by atoms with Gasteiger partial charge in [-0.2, -0.15) is 0 Å². The van der Waals surface area contributed by atoms with Crippen LogP contribution in [0.4, 0.5) is 5.69 Å². The second kappa shape index (κ2) is 7.69. The first-order valence-corrected chi connectivity index (χ1v) is 9.83. The predicted octanol–water partition coefficient (Wildman–Crippen LogP) is 5.08. The molecule has 8 heteroatoms. The number of anilines is 1. The number of aromatic nitrogens is 2. The van der Waals surface area contributed by atoms with Gasteiger partial charge in [0.15, 0.2) is 5.58 Å². The topological polar surface area (TPSA) is 77.2 Å². The summed E-state index contributed by atoms with van der Waals surface area (Å²) in [5, 5.41) is 4.83. The highest BCUT2D eigenvalue weighted by Gasteiger charge is 2.16. The number of nitrogens with one attached hydrogen (secondary N) is 1. The molecule has 4 aromatic rings. The standard InChI is InChI=1S/C20H16ClN3O3S/c1-11-22-18-13-5-3-4-6-15(13)27-19(18)20(23-11)28-10-17(25)24-12-7-8-16(26-2)14(21)9-12/h3-9H,10H2,1-2H3,(H,24,25). The van der Waals surface area contributed by atoms with Crippen molar-refractivity contribution in [3.05, 3.63) is 53.3 Å². The smallest absolute Gasteiger partial charge is 0.234 e. The number of para-hydroxylation sites is 1. The van der Waals surface area contributed by atoms with Crippen molar-refractivity contribution in [2.75, 3.05) is 18.2 Å². The van der Waals surface area contributed by atoms with Gasteiger partial charge in [0, 0.05) is 11.1 Å². The summed E-state index contributed by atoms with van der Waals surface area (Å²) in [6.07, 6.45) is 0. The number of benzene rings is 2. The Balaban J connectivity index is 1.54. The van der Waals surface area contributed by atoms with Crippen molar-refractivity contribution in [1.82, 2.24) is 9.97 Å². The van der Waals surface area contributed by atoms with Gasteiger partial charge in [-0.1, -0.05) is 35.5 Å². The Kier molecular flexibility index (Phi) is 5.11. The van der Waals surface area contributed by atoms with E-state index in [9.17, 15) is 4.79 Å². The van der Waals surface area contributed by atoms with Crippen molar-refractivity contribution in [1.29, 1.82) is 0 Å². The number of hydrogen-bond donors (Lipinski definition) is 1. The summed E-state index contributed by atoms with van der Waals surface area (Å²) in [5.41, 5.74) is 2.70. The minimum absolute atomic E-state index is 0.173. The molecule has 4 rings (SSSR count). The van der Waals surface area contributed by atoms with E-state index in [0.717, 1.165) is 16.5 Å². The average molecular weight is 414 g/mol. The number of carbonyl (C=O) groups is 1. The maximum absolute atomic E-state index is 12.4. The van der Waals surface area contributed by atoms with Crippen molar-refractivity contribution < 1.29 is 13.9 Å². The first-order valence-electron chi connectivity index (χ1n) is 8.47. The molecule has 0 saturated heterocycles. The molecule has 0 spiro atoms.